The second-order valence-electron chi connectivity index (χ2n) is 4.24. The second kappa shape index (κ2) is 7.11. The van der Waals surface area contributed by atoms with Crippen molar-refractivity contribution in [2.45, 2.75) is 18.2 Å². The van der Waals surface area contributed by atoms with Crippen molar-refractivity contribution >= 4 is 16.0 Å². The van der Waals surface area contributed by atoms with Crippen LogP contribution in [-0.2, 0) is 21.2 Å². The molecule has 1 aromatic rings. The first-order valence-corrected chi connectivity index (χ1v) is 7.51. The van der Waals surface area contributed by atoms with Gasteiger partial charge in [-0.3, -0.25) is 4.79 Å². The van der Waals surface area contributed by atoms with Crippen LogP contribution in [0.15, 0.2) is 23.1 Å². The lowest BCUT2D eigenvalue weighted by atomic mass is 10.1. The normalized spacial score (nSPS) is 10.9. The molecule has 0 bridgehead atoms. The molecule has 0 aliphatic rings. The zero-order valence-electron chi connectivity index (χ0n) is 12.1. The van der Waals surface area contributed by atoms with Gasteiger partial charge in [0.1, 0.15) is 10.6 Å². The highest BCUT2D eigenvalue weighted by Gasteiger charge is 2.25. The number of ether oxygens (including phenoxy) is 1. The van der Waals surface area contributed by atoms with Crippen molar-refractivity contribution in [3.8, 4) is 17.6 Å². The van der Waals surface area contributed by atoms with Gasteiger partial charge in [0.15, 0.2) is 0 Å². The van der Waals surface area contributed by atoms with Crippen molar-refractivity contribution in [2.75, 3.05) is 20.7 Å². The van der Waals surface area contributed by atoms with Crippen LogP contribution in [0.3, 0.4) is 0 Å². The molecule has 0 radical (unpaired) electrons. The molecule has 21 heavy (non-hydrogen) atoms. The first kappa shape index (κ1) is 17.0. The molecule has 7 heteroatoms. The van der Waals surface area contributed by atoms with Gasteiger partial charge in [0.2, 0.25) is 10.0 Å². The number of carboxylic acid groups (broad SMARTS) is 1. The van der Waals surface area contributed by atoms with Gasteiger partial charge in [-0.05, 0) is 24.6 Å². The Bertz CT molecular complexity index is 685. The summed E-state index contributed by atoms with van der Waals surface area (Å²) in [5, 5.41) is 8.80. The van der Waals surface area contributed by atoms with E-state index in [9.17, 15) is 13.2 Å². The Kier molecular flexibility index (Phi) is 5.76. The number of aliphatic carboxylic acids is 1. The minimum atomic E-state index is -3.80. The molecule has 1 N–H and O–H groups in total. The van der Waals surface area contributed by atoms with Crippen molar-refractivity contribution < 1.29 is 23.1 Å². The van der Waals surface area contributed by atoms with Gasteiger partial charge in [-0.2, -0.15) is 4.31 Å². The standard InChI is InChI=1S/C14H17NO5S/c1-4-5-8-15(2)21(18,19)13-9-11(10-14(16)17)6-7-12(13)20-3/h6-7,9H,8,10H2,1-3H3,(H,16,17). The van der Waals surface area contributed by atoms with E-state index in [-0.39, 0.29) is 23.6 Å². The number of benzene rings is 1. The molecular weight excluding hydrogens is 294 g/mol. The van der Waals surface area contributed by atoms with Crippen LogP contribution in [0, 0.1) is 11.8 Å². The third kappa shape index (κ3) is 4.21. The van der Waals surface area contributed by atoms with Gasteiger partial charge in [-0.1, -0.05) is 12.0 Å². The Hall–Kier alpha value is -2.04. The minimum absolute atomic E-state index is 0.0468. The number of rotatable bonds is 6. The van der Waals surface area contributed by atoms with E-state index in [0.717, 1.165) is 4.31 Å². The van der Waals surface area contributed by atoms with E-state index in [1.807, 2.05) is 0 Å². The Morgan fingerprint density at radius 3 is 2.62 bits per heavy atom. The molecule has 0 saturated carbocycles. The summed E-state index contributed by atoms with van der Waals surface area (Å²) in [6.45, 7) is 1.67. The van der Waals surface area contributed by atoms with E-state index in [1.54, 1.807) is 6.92 Å². The number of hydrogen-bond acceptors (Lipinski definition) is 4. The van der Waals surface area contributed by atoms with Crippen LogP contribution in [0.5, 0.6) is 5.75 Å². The zero-order chi connectivity index (χ0) is 16.0. The lowest BCUT2D eigenvalue weighted by Gasteiger charge is -2.17. The van der Waals surface area contributed by atoms with Gasteiger partial charge in [0.25, 0.3) is 0 Å². The molecule has 0 atom stereocenters. The number of carbonyl (C=O) groups is 1. The molecular formula is C14H17NO5S. The number of carboxylic acids is 1. The maximum atomic E-state index is 12.5. The third-order valence-electron chi connectivity index (χ3n) is 2.75. The average Bonchev–Trinajstić information content (AvgIpc) is 2.43. The zero-order valence-corrected chi connectivity index (χ0v) is 12.9. The summed E-state index contributed by atoms with van der Waals surface area (Å²) >= 11 is 0. The maximum absolute atomic E-state index is 12.5. The van der Waals surface area contributed by atoms with Crippen LogP contribution < -0.4 is 4.74 Å². The predicted molar refractivity (Wildman–Crippen MR) is 77.6 cm³/mol. The molecule has 0 saturated heterocycles. The van der Waals surface area contributed by atoms with Gasteiger partial charge in [0, 0.05) is 7.05 Å². The van der Waals surface area contributed by atoms with E-state index in [0.29, 0.717) is 5.56 Å². The SMILES string of the molecule is CC#CCN(C)S(=O)(=O)c1cc(CC(=O)O)ccc1OC. The molecule has 0 unspecified atom stereocenters. The molecule has 1 rings (SSSR count). The van der Waals surface area contributed by atoms with Crippen LogP contribution in [-0.4, -0.2) is 44.5 Å². The maximum Gasteiger partial charge on any atom is 0.307 e. The van der Waals surface area contributed by atoms with Crippen LogP contribution in [0.25, 0.3) is 0 Å². The fourth-order valence-corrected chi connectivity index (χ4v) is 2.93. The molecule has 0 spiro atoms. The number of methoxy groups -OCH3 is 1. The number of nitrogens with zero attached hydrogens (tertiary/aromatic N) is 1. The van der Waals surface area contributed by atoms with Gasteiger partial charge >= 0.3 is 5.97 Å². The fourth-order valence-electron chi connectivity index (χ4n) is 1.65. The summed E-state index contributed by atoms with van der Waals surface area (Å²) in [7, 11) is -1.04. The number of hydrogen-bond donors (Lipinski definition) is 1. The van der Waals surface area contributed by atoms with E-state index in [2.05, 4.69) is 11.8 Å². The van der Waals surface area contributed by atoms with Crippen molar-refractivity contribution in [1.29, 1.82) is 0 Å². The van der Waals surface area contributed by atoms with Crippen molar-refractivity contribution in [3.05, 3.63) is 23.8 Å². The van der Waals surface area contributed by atoms with Crippen molar-refractivity contribution in [2.24, 2.45) is 0 Å². The Morgan fingerprint density at radius 2 is 2.10 bits per heavy atom. The summed E-state index contributed by atoms with van der Waals surface area (Å²) in [6.07, 6.45) is -0.259. The highest BCUT2D eigenvalue weighted by atomic mass is 32.2. The monoisotopic (exact) mass is 311 g/mol. The van der Waals surface area contributed by atoms with Crippen molar-refractivity contribution in [1.82, 2.24) is 4.31 Å². The third-order valence-corrected chi connectivity index (χ3v) is 4.57. The summed E-state index contributed by atoms with van der Waals surface area (Å²) in [5.74, 6) is 4.43. The fraction of sp³-hybridized carbons (Fsp3) is 0.357. The van der Waals surface area contributed by atoms with E-state index in [4.69, 9.17) is 9.84 Å². The summed E-state index contributed by atoms with van der Waals surface area (Å²) in [4.78, 5) is 10.7. The highest BCUT2D eigenvalue weighted by molar-refractivity contribution is 7.89. The summed E-state index contributed by atoms with van der Waals surface area (Å²) in [5.41, 5.74) is 0.386. The quantitative estimate of drug-likeness (QED) is 0.791. The molecule has 0 aliphatic carbocycles. The van der Waals surface area contributed by atoms with Gasteiger partial charge in [0.05, 0.1) is 20.1 Å². The Morgan fingerprint density at radius 1 is 1.43 bits per heavy atom. The van der Waals surface area contributed by atoms with Crippen molar-refractivity contribution in [3.63, 3.8) is 0 Å². The Labute approximate surface area is 124 Å². The van der Waals surface area contributed by atoms with E-state index >= 15 is 0 Å². The first-order chi connectivity index (χ1) is 9.82. The predicted octanol–water partition coefficient (Wildman–Crippen LogP) is 0.966. The molecule has 1 aromatic carbocycles. The Balaban J connectivity index is 3.29. The lowest BCUT2D eigenvalue weighted by molar-refractivity contribution is -0.136. The summed E-state index contributed by atoms with van der Waals surface area (Å²) in [6, 6.07) is 4.29. The molecule has 0 fully saturated rings. The largest absolute Gasteiger partial charge is 0.495 e. The molecule has 6 nitrogen and oxygen atoms in total. The molecule has 0 amide bonds. The van der Waals surface area contributed by atoms with E-state index in [1.165, 1.54) is 32.4 Å². The molecule has 0 heterocycles. The molecule has 0 aromatic heterocycles. The number of sulfonamides is 1. The molecule has 0 aliphatic heterocycles. The topological polar surface area (TPSA) is 83.9 Å². The van der Waals surface area contributed by atoms with Crippen LogP contribution >= 0.6 is 0 Å². The first-order valence-electron chi connectivity index (χ1n) is 6.07. The van der Waals surface area contributed by atoms with E-state index < -0.39 is 16.0 Å². The average molecular weight is 311 g/mol. The van der Waals surface area contributed by atoms with Crippen LogP contribution in [0.1, 0.15) is 12.5 Å². The van der Waals surface area contributed by atoms with Crippen LogP contribution in [0.2, 0.25) is 0 Å². The van der Waals surface area contributed by atoms with Crippen LogP contribution in [0.4, 0.5) is 0 Å². The lowest BCUT2D eigenvalue weighted by Crippen LogP contribution is -2.27. The van der Waals surface area contributed by atoms with Gasteiger partial charge < -0.3 is 9.84 Å². The second-order valence-corrected chi connectivity index (χ2v) is 6.26. The minimum Gasteiger partial charge on any atom is -0.495 e. The highest BCUT2D eigenvalue weighted by Crippen LogP contribution is 2.27. The van der Waals surface area contributed by atoms with Gasteiger partial charge in [-0.15, -0.1) is 5.92 Å². The molecule has 114 valence electrons. The smallest absolute Gasteiger partial charge is 0.307 e. The summed E-state index contributed by atoms with van der Waals surface area (Å²) < 4.78 is 31.1. The van der Waals surface area contributed by atoms with Gasteiger partial charge in [-0.25, -0.2) is 8.42 Å².